The molecule has 0 radical (unpaired) electrons. The minimum Gasteiger partial charge on any atom is -0.479 e. The molecule has 0 saturated carbocycles. The number of carbonyl (C=O) groups excluding carboxylic acids is 1. The smallest absolute Gasteiger partial charge is 0.332 e. The van der Waals surface area contributed by atoms with Crippen molar-refractivity contribution in [3.8, 4) is 0 Å². The highest BCUT2D eigenvalue weighted by Crippen LogP contribution is 2.00. The average Bonchev–Trinajstić information content (AvgIpc) is 2.02. The third-order valence-corrected chi connectivity index (χ3v) is 1.54. The lowest BCUT2D eigenvalue weighted by molar-refractivity contribution is -0.158. The van der Waals surface area contributed by atoms with E-state index in [0.717, 1.165) is 0 Å². The lowest BCUT2D eigenvalue weighted by Crippen LogP contribution is -2.37. The van der Waals surface area contributed by atoms with Gasteiger partial charge in [-0.25, -0.2) is 4.79 Å². The van der Waals surface area contributed by atoms with Crippen LogP contribution in [0.25, 0.3) is 0 Å². The molecule has 1 amide bonds. The second-order valence-corrected chi connectivity index (χ2v) is 2.99. The molecule has 0 fully saturated rings. The van der Waals surface area contributed by atoms with Crippen LogP contribution in [0.4, 0.5) is 0 Å². The summed E-state index contributed by atoms with van der Waals surface area (Å²) in [6, 6.07) is 0. The zero-order chi connectivity index (χ0) is 10.6. The minimum atomic E-state index is -1.07. The monoisotopic (exact) mass is 189 g/mol. The normalized spacial score (nSPS) is 14.8. The zero-order valence-corrected chi connectivity index (χ0v) is 8.27. The Morgan fingerprint density at radius 2 is 1.69 bits per heavy atom. The second kappa shape index (κ2) is 4.81. The number of ether oxygens (including phenoxy) is 1. The molecule has 0 saturated heterocycles. The quantitative estimate of drug-likeness (QED) is 0.673. The van der Waals surface area contributed by atoms with Crippen molar-refractivity contribution in [1.82, 2.24) is 4.90 Å². The van der Waals surface area contributed by atoms with Gasteiger partial charge in [0.15, 0.2) is 6.10 Å². The third kappa shape index (κ3) is 3.89. The zero-order valence-electron chi connectivity index (χ0n) is 8.27. The van der Waals surface area contributed by atoms with Gasteiger partial charge in [-0.2, -0.15) is 0 Å². The van der Waals surface area contributed by atoms with Crippen molar-refractivity contribution >= 4 is 11.9 Å². The summed E-state index contributed by atoms with van der Waals surface area (Å²) in [6.45, 7) is 2.92. The Morgan fingerprint density at radius 3 is 2.00 bits per heavy atom. The van der Waals surface area contributed by atoms with Crippen LogP contribution >= 0.6 is 0 Å². The molecule has 5 heteroatoms. The summed E-state index contributed by atoms with van der Waals surface area (Å²) in [5.74, 6) is -1.31. The molecular weight excluding hydrogens is 174 g/mol. The highest BCUT2D eigenvalue weighted by Gasteiger charge is 2.21. The SMILES string of the molecule is CC(O[C@H](C)C(=O)O)C(=O)N(C)C. The first-order valence-corrected chi connectivity index (χ1v) is 3.95. The number of carbonyl (C=O) groups is 2. The summed E-state index contributed by atoms with van der Waals surface area (Å²) in [6.07, 6.45) is -1.68. The number of carboxylic acid groups (broad SMARTS) is 1. The highest BCUT2D eigenvalue weighted by atomic mass is 16.5. The summed E-state index contributed by atoms with van der Waals surface area (Å²) >= 11 is 0. The highest BCUT2D eigenvalue weighted by molar-refractivity contribution is 5.80. The van der Waals surface area contributed by atoms with Crippen LogP contribution in [0.1, 0.15) is 13.8 Å². The summed E-state index contributed by atoms with van der Waals surface area (Å²) in [4.78, 5) is 22.9. The van der Waals surface area contributed by atoms with Gasteiger partial charge >= 0.3 is 5.97 Å². The predicted molar refractivity (Wildman–Crippen MR) is 46.3 cm³/mol. The first-order chi connectivity index (χ1) is 5.86. The van der Waals surface area contributed by atoms with Crippen molar-refractivity contribution < 1.29 is 19.4 Å². The molecule has 0 aliphatic heterocycles. The van der Waals surface area contributed by atoms with E-state index in [1.165, 1.54) is 18.7 Å². The Morgan fingerprint density at radius 1 is 1.23 bits per heavy atom. The predicted octanol–water partition coefficient (Wildman–Crippen LogP) is -0.0472. The molecule has 76 valence electrons. The molecule has 0 aliphatic carbocycles. The molecule has 0 rings (SSSR count). The molecule has 0 aromatic heterocycles. The van der Waals surface area contributed by atoms with E-state index in [-0.39, 0.29) is 5.91 Å². The van der Waals surface area contributed by atoms with Crippen LogP contribution in [0.5, 0.6) is 0 Å². The Hall–Kier alpha value is -1.10. The fraction of sp³-hybridized carbons (Fsp3) is 0.750. The topological polar surface area (TPSA) is 66.8 Å². The van der Waals surface area contributed by atoms with E-state index in [2.05, 4.69) is 0 Å². The van der Waals surface area contributed by atoms with Crippen LogP contribution in [0.2, 0.25) is 0 Å². The van der Waals surface area contributed by atoms with Crippen LogP contribution in [0.3, 0.4) is 0 Å². The molecular formula is C8H15NO4. The lowest BCUT2D eigenvalue weighted by Gasteiger charge is -2.19. The number of aliphatic carboxylic acids is 1. The Balaban J connectivity index is 4.07. The lowest BCUT2D eigenvalue weighted by atomic mass is 10.3. The van der Waals surface area contributed by atoms with Crippen LogP contribution in [0.15, 0.2) is 0 Å². The van der Waals surface area contributed by atoms with E-state index >= 15 is 0 Å². The molecule has 0 spiro atoms. The minimum absolute atomic E-state index is 0.242. The van der Waals surface area contributed by atoms with Gasteiger partial charge in [0.2, 0.25) is 0 Å². The van der Waals surface area contributed by atoms with Crippen molar-refractivity contribution in [2.45, 2.75) is 26.1 Å². The molecule has 1 unspecified atom stereocenters. The molecule has 0 aromatic rings. The Labute approximate surface area is 77.3 Å². The maximum Gasteiger partial charge on any atom is 0.332 e. The van der Waals surface area contributed by atoms with Gasteiger partial charge in [-0.15, -0.1) is 0 Å². The Bertz CT molecular complexity index is 202. The van der Waals surface area contributed by atoms with Crippen LogP contribution in [0, 0.1) is 0 Å². The van der Waals surface area contributed by atoms with Gasteiger partial charge in [-0.1, -0.05) is 0 Å². The summed E-state index contributed by atoms with van der Waals surface area (Å²) in [5.41, 5.74) is 0. The van der Waals surface area contributed by atoms with Crippen molar-refractivity contribution in [3.05, 3.63) is 0 Å². The van der Waals surface area contributed by atoms with Crippen molar-refractivity contribution in [1.29, 1.82) is 0 Å². The van der Waals surface area contributed by atoms with Crippen LogP contribution in [-0.2, 0) is 14.3 Å². The maximum absolute atomic E-state index is 11.2. The van der Waals surface area contributed by atoms with E-state index in [1.807, 2.05) is 0 Å². The van der Waals surface area contributed by atoms with Gasteiger partial charge in [-0.05, 0) is 13.8 Å². The summed E-state index contributed by atoms with van der Waals surface area (Å²) in [5, 5.41) is 8.50. The van der Waals surface area contributed by atoms with Gasteiger partial charge in [-0.3, -0.25) is 4.79 Å². The van der Waals surface area contributed by atoms with Gasteiger partial charge in [0.25, 0.3) is 5.91 Å². The van der Waals surface area contributed by atoms with E-state index in [4.69, 9.17) is 9.84 Å². The molecule has 0 aromatic carbocycles. The van der Waals surface area contributed by atoms with E-state index in [0.29, 0.717) is 0 Å². The molecule has 1 N–H and O–H groups in total. The molecule has 13 heavy (non-hydrogen) atoms. The molecule has 5 nitrogen and oxygen atoms in total. The Kier molecular flexibility index (Phi) is 4.40. The average molecular weight is 189 g/mol. The first kappa shape index (κ1) is 11.9. The number of hydrogen-bond acceptors (Lipinski definition) is 3. The largest absolute Gasteiger partial charge is 0.479 e. The number of nitrogens with zero attached hydrogens (tertiary/aromatic N) is 1. The fourth-order valence-corrected chi connectivity index (χ4v) is 0.786. The summed E-state index contributed by atoms with van der Waals surface area (Å²) < 4.78 is 4.94. The standard InChI is InChI=1S/C8H15NO4/c1-5(7(10)9(3)4)13-6(2)8(11)12/h5-6H,1-4H3,(H,11,12)/t5?,6-/m1/s1. The molecule has 0 bridgehead atoms. The van der Waals surface area contributed by atoms with E-state index < -0.39 is 18.2 Å². The van der Waals surface area contributed by atoms with Gasteiger partial charge < -0.3 is 14.7 Å². The van der Waals surface area contributed by atoms with Gasteiger partial charge in [0, 0.05) is 14.1 Å². The first-order valence-electron chi connectivity index (χ1n) is 3.95. The number of amides is 1. The fourth-order valence-electron chi connectivity index (χ4n) is 0.786. The van der Waals surface area contributed by atoms with E-state index in [9.17, 15) is 9.59 Å². The van der Waals surface area contributed by atoms with Crippen LogP contribution < -0.4 is 0 Å². The number of rotatable bonds is 4. The molecule has 0 heterocycles. The maximum atomic E-state index is 11.2. The molecule has 0 aliphatic rings. The summed E-state index contributed by atoms with van der Waals surface area (Å²) in [7, 11) is 3.18. The number of carboxylic acids is 1. The number of hydrogen-bond donors (Lipinski definition) is 1. The third-order valence-electron chi connectivity index (χ3n) is 1.54. The molecule has 2 atom stereocenters. The van der Waals surface area contributed by atoms with Crippen LogP contribution in [-0.4, -0.2) is 48.2 Å². The van der Waals surface area contributed by atoms with Crippen molar-refractivity contribution in [2.75, 3.05) is 14.1 Å². The number of likely N-dealkylation sites (N-methyl/N-ethyl adjacent to an activating group) is 1. The van der Waals surface area contributed by atoms with Crippen molar-refractivity contribution in [2.24, 2.45) is 0 Å². The second-order valence-electron chi connectivity index (χ2n) is 2.99. The van der Waals surface area contributed by atoms with Gasteiger partial charge in [0.1, 0.15) is 6.10 Å². The van der Waals surface area contributed by atoms with Gasteiger partial charge in [0.05, 0.1) is 0 Å². The van der Waals surface area contributed by atoms with E-state index in [1.54, 1.807) is 14.1 Å². The van der Waals surface area contributed by atoms with Crippen molar-refractivity contribution in [3.63, 3.8) is 0 Å².